The van der Waals surface area contributed by atoms with E-state index < -0.39 is 0 Å². The van der Waals surface area contributed by atoms with Crippen molar-refractivity contribution >= 4 is 17.3 Å². The number of hydrogen-bond acceptors (Lipinski definition) is 3. The van der Waals surface area contributed by atoms with E-state index in [1.807, 2.05) is 31.4 Å². The summed E-state index contributed by atoms with van der Waals surface area (Å²) in [6, 6.07) is 12.4. The van der Waals surface area contributed by atoms with Gasteiger partial charge in [-0.25, -0.2) is 4.98 Å². The van der Waals surface area contributed by atoms with Gasteiger partial charge in [0.25, 0.3) is 0 Å². The molecule has 6 heteroatoms. The molecule has 0 spiro atoms. The van der Waals surface area contributed by atoms with Gasteiger partial charge in [0.15, 0.2) is 5.96 Å². The summed E-state index contributed by atoms with van der Waals surface area (Å²) in [6.45, 7) is 4.38. The van der Waals surface area contributed by atoms with Crippen molar-refractivity contribution < 1.29 is 0 Å². The highest BCUT2D eigenvalue weighted by atomic mass is 32.1. The van der Waals surface area contributed by atoms with Crippen molar-refractivity contribution in [1.82, 2.24) is 20.2 Å². The maximum absolute atomic E-state index is 4.74. The van der Waals surface area contributed by atoms with Crippen LogP contribution in [-0.2, 0) is 13.0 Å². The number of H-pyrrole nitrogens is 1. The number of aromatic nitrogens is 2. The summed E-state index contributed by atoms with van der Waals surface area (Å²) in [5.74, 6) is 1.83. The molecular weight excluding hydrogens is 342 g/mol. The van der Waals surface area contributed by atoms with Crippen LogP contribution in [0.1, 0.15) is 18.3 Å². The van der Waals surface area contributed by atoms with Crippen LogP contribution in [-0.4, -0.2) is 41.0 Å². The minimum atomic E-state index is 0.678. The highest BCUT2D eigenvalue weighted by Crippen LogP contribution is 2.16. The van der Waals surface area contributed by atoms with Crippen molar-refractivity contribution in [2.24, 2.45) is 4.99 Å². The van der Waals surface area contributed by atoms with E-state index in [2.05, 4.69) is 56.1 Å². The summed E-state index contributed by atoms with van der Waals surface area (Å²) in [5, 5.41) is 7.65. The SMILES string of the molecule is CCNC(=NCCc1ccsc1)N(C)Cc1ncc(-c2ccccc2)[nH]1. The second-order valence-electron chi connectivity index (χ2n) is 6.08. The quantitative estimate of drug-likeness (QED) is 0.494. The van der Waals surface area contributed by atoms with Crippen molar-refractivity contribution in [3.8, 4) is 11.3 Å². The van der Waals surface area contributed by atoms with E-state index in [4.69, 9.17) is 4.99 Å². The molecule has 0 atom stereocenters. The molecule has 0 unspecified atom stereocenters. The lowest BCUT2D eigenvalue weighted by molar-refractivity contribution is 0.464. The molecule has 0 fully saturated rings. The first-order valence-corrected chi connectivity index (χ1v) is 9.80. The van der Waals surface area contributed by atoms with Crippen LogP contribution in [0.25, 0.3) is 11.3 Å². The van der Waals surface area contributed by atoms with E-state index in [-0.39, 0.29) is 0 Å². The Labute approximate surface area is 158 Å². The highest BCUT2D eigenvalue weighted by molar-refractivity contribution is 7.07. The zero-order valence-corrected chi connectivity index (χ0v) is 16.1. The molecule has 0 aliphatic carbocycles. The summed E-state index contributed by atoms with van der Waals surface area (Å²) >= 11 is 1.73. The number of thiophene rings is 1. The molecule has 26 heavy (non-hydrogen) atoms. The van der Waals surface area contributed by atoms with Crippen LogP contribution < -0.4 is 5.32 Å². The van der Waals surface area contributed by atoms with Gasteiger partial charge in [-0.05, 0) is 41.3 Å². The van der Waals surface area contributed by atoms with E-state index in [0.717, 1.165) is 42.6 Å². The summed E-state index contributed by atoms with van der Waals surface area (Å²) < 4.78 is 0. The third-order valence-corrected chi connectivity index (χ3v) is 4.77. The molecular formula is C20H25N5S. The Kier molecular flexibility index (Phi) is 6.44. The van der Waals surface area contributed by atoms with Crippen LogP contribution in [0.4, 0.5) is 0 Å². The topological polar surface area (TPSA) is 56.3 Å². The molecule has 0 aliphatic heterocycles. The van der Waals surface area contributed by atoms with Crippen molar-refractivity contribution in [2.75, 3.05) is 20.1 Å². The number of benzene rings is 1. The first-order chi connectivity index (χ1) is 12.8. The van der Waals surface area contributed by atoms with Gasteiger partial charge in [-0.2, -0.15) is 11.3 Å². The molecule has 5 nitrogen and oxygen atoms in total. The summed E-state index contributed by atoms with van der Waals surface area (Å²) in [7, 11) is 2.04. The molecule has 3 rings (SSSR count). The molecule has 2 heterocycles. The Morgan fingerprint density at radius 1 is 1.27 bits per heavy atom. The van der Waals surface area contributed by atoms with Crippen molar-refractivity contribution in [1.29, 1.82) is 0 Å². The Bertz CT molecular complexity index is 808. The number of guanidine groups is 1. The van der Waals surface area contributed by atoms with Crippen LogP contribution in [0.2, 0.25) is 0 Å². The lowest BCUT2D eigenvalue weighted by Gasteiger charge is -2.21. The van der Waals surface area contributed by atoms with Crippen LogP contribution in [0, 0.1) is 0 Å². The molecule has 2 N–H and O–H groups in total. The lowest BCUT2D eigenvalue weighted by Crippen LogP contribution is -2.38. The monoisotopic (exact) mass is 367 g/mol. The third-order valence-electron chi connectivity index (χ3n) is 4.04. The van der Waals surface area contributed by atoms with Gasteiger partial charge >= 0.3 is 0 Å². The number of imidazole rings is 1. The standard InChI is InChI=1S/C20H25N5S/c1-3-21-20(22-11-9-16-10-12-26-15-16)25(2)14-19-23-13-18(24-19)17-7-5-4-6-8-17/h4-8,10,12-13,15H,3,9,11,14H2,1-2H3,(H,21,22)(H,23,24). The maximum atomic E-state index is 4.74. The van der Waals surface area contributed by atoms with E-state index >= 15 is 0 Å². The predicted molar refractivity (Wildman–Crippen MR) is 109 cm³/mol. The van der Waals surface area contributed by atoms with Gasteiger partial charge in [0.1, 0.15) is 5.82 Å². The second-order valence-corrected chi connectivity index (χ2v) is 6.86. The van der Waals surface area contributed by atoms with E-state index in [1.165, 1.54) is 5.56 Å². The van der Waals surface area contributed by atoms with Crippen LogP contribution in [0.3, 0.4) is 0 Å². The van der Waals surface area contributed by atoms with E-state index in [0.29, 0.717) is 6.54 Å². The zero-order chi connectivity index (χ0) is 18.2. The lowest BCUT2D eigenvalue weighted by atomic mass is 10.2. The fraction of sp³-hybridized carbons (Fsp3) is 0.300. The van der Waals surface area contributed by atoms with Gasteiger partial charge in [0.2, 0.25) is 0 Å². The van der Waals surface area contributed by atoms with Crippen molar-refractivity contribution in [3.63, 3.8) is 0 Å². The first-order valence-electron chi connectivity index (χ1n) is 8.86. The minimum absolute atomic E-state index is 0.678. The predicted octanol–water partition coefficient (Wildman–Crippen LogP) is 3.78. The van der Waals surface area contributed by atoms with Gasteiger partial charge < -0.3 is 15.2 Å². The molecule has 2 aromatic heterocycles. The number of aliphatic imine (C=N–C) groups is 1. The number of aromatic amines is 1. The Hall–Kier alpha value is -2.60. The molecule has 0 saturated carbocycles. The van der Waals surface area contributed by atoms with Crippen LogP contribution in [0.15, 0.2) is 58.3 Å². The summed E-state index contributed by atoms with van der Waals surface area (Å²) in [6.07, 6.45) is 2.85. The maximum Gasteiger partial charge on any atom is 0.194 e. The van der Waals surface area contributed by atoms with Gasteiger partial charge in [-0.3, -0.25) is 4.99 Å². The molecule has 0 saturated heterocycles. The minimum Gasteiger partial charge on any atom is -0.357 e. The van der Waals surface area contributed by atoms with E-state index in [9.17, 15) is 0 Å². The number of nitrogens with zero attached hydrogens (tertiary/aromatic N) is 3. The normalized spacial score (nSPS) is 11.5. The Morgan fingerprint density at radius 3 is 2.85 bits per heavy atom. The van der Waals surface area contributed by atoms with Crippen molar-refractivity contribution in [3.05, 3.63) is 64.7 Å². The van der Waals surface area contributed by atoms with Gasteiger partial charge in [0, 0.05) is 20.1 Å². The smallest absolute Gasteiger partial charge is 0.194 e. The molecule has 0 amide bonds. The second kappa shape index (κ2) is 9.20. The molecule has 0 bridgehead atoms. The Morgan fingerprint density at radius 2 is 2.12 bits per heavy atom. The molecule has 136 valence electrons. The van der Waals surface area contributed by atoms with Crippen molar-refractivity contribution in [2.45, 2.75) is 19.9 Å². The largest absolute Gasteiger partial charge is 0.357 e. The number of nitrogens with one attached hydrogen (secondary N) is 2. The number of hydrogen-bond donors (Lipinski definition) is 2. The zero-order valence-electron chi connectivity index (χ0n) is 15.3. The highest BCUT2D eigenvalue weighted by Gasteiger charge is 2.09. The van der Waals surface area contributed by atoms with Gasteiger partial charge in [-0.1, -0.05) is 30.3 Å². The van der Waals surface area contributed by atoms with Gasteiger partial charge in [0.05, 0.1) is 18.4 Å². The fourth-order valence-corrected chi connectivity index (χ4v) is 3.41. The average molecular weight is 368 g/mol. The average Bonchev–Trinajstić information content (AvgIpc) is 3.34. The first kappa shape index (κ1) is 18.2. The van der Waals surface area contributed by atoms with E-state index in [1.54, 1.807) is 11.3 Å². The molecule has 1 aromatic carbocycles. The molecule has 0 radical (unpaired) electrons. The summed E-state index contributed by atoms with van der Waals surface area (Å²) in [4.78, 5) is 14.8. The Balaban J connectivity index is 1.62. The summed E-state index contributed by atoms with van der Waals surface area (Å²) in [5.41, 5.74) is 3.52. The van der Waals surface area contributed by atoms with Crippen LogP contribution >= 0.6 is 11.3 Å². The third kappa shape index (κ3) is 4.95. The fourth-order valence-electron chi connectivity index (χ4n) is 2.70. The van der Waals surface area contributed by atoms with Gasteiger partial charge in [-0.15, -0.1) is 0 Å². The molecule has 0 aliphatic rings. The van der Waals surface area contributed by atoms with Crippen LogP contribution in [0.5, 0.6) is 0 Å². The molecule has 3 aromatic rings. The number of rotatable bonds is 7.